The largest absolute Gasteiger partial charge is 0.481 e. The minimum absolute atomic E-state index is 0.230. The highest BCUT2D eigenvalue weighted by Crippen LogP contribution is 2.23. The number of primary amides is 1. The lowest BCUT2D eigenvalue weighted by molar-refractivity contribution is -0.137. The molecule has 1 aromatic carbocycles. The Morgan fingerprint density at radius 3 is 2.50 bits per heavy atom. The van der Waals surface area contributed by atoms with E-state index in [0.717, 1.165) is 31.5 Å². The number of benzene rings is 1. The van der Waals surface area contributed by atoms with Crippen LogP contribution < -0.4 is 11.1 Å². The van der Waals surface area contributed by atoms with Crippen LogP contribution in [0.25, 0.3) is 0 Å². The van der Waals surface area contributed by atoms with Gasteiger partial charge in [-0.25, -0.2) is 0 Å². The average molecular weight is 299 g/mol. The maximum Gasteiger partial charge on any atom is 0.303 e. The molecule has 0 bridgehead atoms. The molecule has 4 N–H and O–H groups in total. The van der Waals surface area contributed by atoms with E-state index in [-0.39, 0.29) is 6.42 Å². The zero-order chi connectivity index (χ0) is 15.0. The van der Waals surface area contributed by atoms with Crippen LogP contribution >= 0.6 is 11.6 Å². The Labute approximate surface area is 123 Å². The minimum Gasteiger partial charge on any atom is -0.481 e. The lowest BCUT2D eigenvalue weighted by Crippen LogP contribution is -2.11. The fourth-order valence-electron chi connectivity index (χ4n) is 1.79. The Kier molecular flexibility index (Phi) is 6.87. The second kappa shape index (κ2) is 8.43. The molecule has 1 aromatic rings. The van der Waals surface area contributed by atoms with Crippen molar-refractivity contribution in [3.05, 3.63) is 28.8 Å². The maximum absolute atomic E-state index is 11.0. The van der Waals surface area contributed by atoms with Crippen LogP contribution in [0.3, 0.4) is 0 Å². The fourth-order valence-corrected chi connectivity index (χ4v) is 2.04. The van der Waals surface area contributed by atoms with E-state index >= 15 is 0 Å². The van der Waals surface area contributed by atoms with Crippen LogP contribution in [0.2, 0.25) is 5.02 Å². The van der Waals surface area contributed by atoms with Gasteiger partial charge in [-0.05, 0) is 31.0 Å². The van der Waals surface area contributed by atoms with Crippen LogP contribution in [0.4, 0.5) is 5.69 Å². The van der Waals surface area contributed by atoms with E-state index in [2.05, 4.69) is 5.32 Å². The van der Waals surface area contributed by atoms with Crippen molar-refractivity contribution in [3.8, 4) is 0 Å². The van der Waals surface area contributed by atoms with Crippen molar-refractivity contribution < 1.29 is 14.7 Å². The Hall–Kier alpha value is -1.75. The lowest BCUT2D eigenvalue weighted by atomic mass is 10.1. The van der Waals surface area contributed by atoms with E-state index in [9.17, 15) is 9.59 Å². The molecule has 1 amide bonds. The van der Waals surface area contributed by atoms with Crippen LogP contribution in [-0.4, -0.2) is 23.5 Å². The fraction of sp³-hybridized carbons (Fsp3) is 0.429. The number of hydrogen-bond acceptors (Lipinski definition) is 3. The number of rotatable bonds is 9. The summed E-state index contributed by atoms with van der Waals surface area (Å²) in [6, 6.07) is 4.90. The summed E-state index contributed by atoms with van der Waals surface area (Å²) in [5.74, 6) is -1.25. The van der Waals surface area contributed by atoms with Gasteiger partial charge < -0.3 is 16.2 Å². The molecule has 0 aliphatic rings. The van der Waals surface area contributed by atoms with Crippen molar-refractivity contribution >= 4 is 29.2 Å². The average Bonchev–Trinajstić information content (AvgIpc) is 2.38. The van der Waals surface area contributed by atoms with Gasteiger partial charge in [-0.3, -0.25) is 9.59 Å². The maximum atomic E-state index is 11.0. The van der Waals surface area contributed by atoms with Gasteiger partial charge >= 0.3 is 5.97 Å². The van der Waals surface area contributed by atoms with Crippen molar-refractivity contribution in [3.63, 3.8) is 0 Å². The lowest BCUT2D eigenvalue weighted by Gasteiger charge is -2.09. The van der Waals surface area contributed by atoms with Crippen molar-refractivity contribution in [2.45, 2.75) is 32.1 Å². The number of carbonyl (C=O) groups excluding carboxylic acids is 1. The molecule has 5 nitrogen and oxygen atoms in total. The van der Waals surface area contributed by atoms with Gasteiger partial charge in [0.05, 0.1) is 10.7 Å². The van der Waals surface area contributed by atoms with Crippen molar-refractivity contribution in [1.29, 1.82) is 0 Å². The number of halogens is 1. The number of carbonyl (C=O) groups is 2. The molecule has 0 radical (unpaired) electrons. The number of nitrogens with two attached hydrogens (primary N) is 1. The number of nitrogens with one attached hydrogen (secondary N) is 1. The minimum atomic E-state index is -0.746. The van der Waals surface area contributed by atoms with Gasteiger partial charge in [-0.2, -0.15) is 0 Å². The summed E-state index contributed by atoms with van der Waals surface area (Å²) in [4.78, 5) is 21.3. The van der Waals surface area contributed by atoms with Crippen molar-refractivity contribution in [1.82, 2.24) is 0 Å². The molecular formula is C14H19ClN2O3. The summed E-state index contributed by atoms with van der Waals surface area (Å²) >= 11 is 6.04. The summed E-state index contributed by atoms with van der Waals surface area (Å²) in [7, 11) is 0. The molecule has 20 heavy (non-hydrogen) atoms. The number of carboxylic acids is 1. The van der Waals surface area contributed by atoms with Crippen LogP contribution in [0.5, 0.6) is 0 Å². The molecule has 1 rings (SSSR count). The first kappa shape index (κ1) is 16.3. The SMILES string of the molecule is NC(=O)c1ccc(NCCCCCCC(=O)O)c(Cl)c1. The van der Waals surface area contributed by atoms with Crippen molar-refractivity contribution in [2.24, 2.45) is 5.73 Å². The molecule has 110 valence electrons. The highest BCUT2D eigenvalue weighted by Gasteiger charge is 2.05. The summed E-state index contributed by atoms with van der Waals surface area (Å²) in [6.45, 7) is 0.753. The number of carboxylic acid groups (broad SMARTS) is 1. The number of anilines is 1. The molecule has 0 saturated heterocycles. The van der Waals surface area contributed by atoms with E-state index < -0.39 is 11.9 Å². The quantitative estimate of drug-likeness (QED) is 0.611. The van der Waals surface area contributed by atoms with Gasteiger partial charge in [0, 0.05) is 18.5 Å². The van der Waals surface area contributed by atoms with Crippen LogP contribution in [-0.2, 0) is 4.79 Å². The smallest absolute Gasteiger partial charge is 0.303 e. The number of hydrogen-bond donors (Lipinski definition) is 3. The van der Waals surface area contributed by atoms with Gasteiger partial charge in [0.2, 0.25) is 5.91 Å². The zero-order valence-corrected chi connectivity index (χ0v) is 11.9. The van der Waals surface area contributed by atoms with E-state index in [1.54, 1.807) is 18.2 Å². The Morgan fingerprint density at radius 2 is 1.90 bits per heavy atom. The third kappa shape index (κ3) is 5.93. The second-order valence-corrected chi connectivity index (χ2v) is 4.95. The van der Waals surface area contributed by atoms with Gasteiger partial charge in [0.1, 0.15) is 0 Å². The molecule has 0 aliphatic carbocycles. The van der Waals surface area contributed by atoms with E-state index in [1.807, 2.05) is 0 Å². The highest BCUT2D eigenvalue weighted by atomic mass is 35.5. The third-order valence-electron chi connectivity index (χ3n) is 2.89. The monoisotopic (exact) mass is 298 g/mol. The molecule has 0 heterocycles. The predicted octanol–water partition coefficient (Wildman–Crippen LogP) is 2.89. The molecule has 0 saturated carbocycles. The van der Waals surface area contributed by atoms with Gasteiger partial charge in [-0.1, -0.05) is 24.4 Å². The van der Waals surface area contributed by atoms with Gasteiger partial charge in [-0.15, -0.1) is 0 Å². The van der Waals surface area contributed by atoms with Crippen LogP contribution in [0.15, 0.2) is 18.2 Å². The molecule has 0 fully saturated rings. The summed E-state index contributed by atoms with van der Waals surface area (Å²) in [6.07, 6.45) is 3.75. The first-order valence-electron chi connectivity index (χ1n) is 6.55. The Balaban J connectivity index is 2.25. The molecule has 6 heteroatoms. The van der Waals surface area contributed by atoms with E-state index in [4.69, 9.17) is 22.4 Å². The molecule has 0 spiro atoms. The van der Waals surface area contributed by atoms with E-state index in [1.165, 1.54) is 0 Å². The van der Waals surface area contributed by atoms with Crippen LogP contribution in [0, 0.1) is 0 Å². The number of aliphatic carboxylic acids is 1. The molecule has 0 aliphatic heterocycles. The van der Waals surface area contributed by atoms with Crippen molar-refractivity contribution in [2.75, 3.05) is 11.9 Å². The molecular weight excluding hydrogens is 280 g/mol. The predicted molar refractivity (Wildman–Crippen MR) is 79.2 cm³/mol. The zero-order valence-electron chi connectivity index (χ0n) is 11.2. The molecule has 0 aromatic heterocycles. The first-order chi connectivity index (χ1) is 9.50. The first-order valence-corrected chi connectivity index (χ1v) is 6.93. The summed E-state index contributed by atoms with van der Waals surface area (Å²) in [5, 5.41) is 12.1. The summed E-state index contributed by atoms with van der Waals surface area (Å²) < 4.78 is 0. The van der Waals surface area contributed by atoms with E-state index in [0.29, 0.717) is 17.0 Å². The highest BCUT2D eigenvalue weighted by molar-refractivity contribution is 6.33. The number of unbranched alkanes of at least 4 members (excludes halogenated alkanes) is 3. The standard InChI is InChI=1S/C14H19ClN2O3/c15-11-9-10(14(16)20)6-7-12(11)17-8-4-2-1-3-5-13(18)19/h6-7,9,17H,1-5,8H2,(H2,16,20)(H,18,19). The van der Waals surface area contributed by atoms with Gasteiger partial charge in [0.15, 0.2) is 0 Å². The number of amides is 1. The van der Waals surface area contributed by atoms with Crippen LogP contribution in [0.1, 0.15) is 42.5 Å². The Bertz CT molecular complexity index is 477. The normalized spacial score (nSPS) is 10.2. The summed E-state index contributed by atoms with van der Waals surface area (Å²) in [5.41, 5.74) is 6.31. The van der Waals surface area contributed by atoms with Gasteiger partial charge in [0.25, 0.3) is 0 Å². The Morgan fingerprint density at radius 1 is 1.20 bits per heavy atom. The second-order valence-electron chi connectivity index (χ2n) is 4.54. The molecule has 0 unspecified atom stereocenters. The third-order valence-corrected chi connectivity index (χ3v) is 3.20. The molecule has 0 atom stereocenters. The topological polar surface area (TPSA) is 92.4 Å².